The van der Waals surface area contributed by atoms with Crippen molar-refractivity contribution in [3.05, 3.63) is 35.9 Å². The summed E-state index contributed by atoms with van der Waals surface area (Å²) >= 11 is 0. The van der Waals surface area contributed by atoms with E-state index in [2.05, 4.69) is 28.1 Å². The second-order valence-electron chi connectivity index (χ2n) is 3.82. The zero-order chi connectivity index (χ0) is 15.4. The number of hydrogen-bond acceptors (Lipinski definition) is 7. The fourth-order valence-electron chi connectivity index (χ4n) is 1.59. The maximum atomic E-state index is 11.2. The topological polar surface area (TPSA) is 126 Å². The highest BCUT2D eigenvalue weighted by Crippen LogP contribution is 2.13. The molecule has 2 N–H and O–H groups in total. The van der Waals surface area contributed by atoms with Crippen molar-refractivity contribution in [1.82, 2.24) is 19.5 Å². The number of carbonyl (C=O) groups is 1. The third kappa shape index (κ3) is 3.05. The van der Waals surface area contributed by atoms with E-state index in [0.717, 1.165) is 4.57 Å². The summed E-state index contributed by atoms with van der Waals surface area (Å²) in [7, 11) is 0. The van der Waals surface area contributed by atoms with Crippen LogP contribution in [0.5, 0.6) is 0 Å². The lowest BCUT2D eigenvalue weighted by atomic mass is 10.4. The molecule has 0 unspecified atom stereocenters. The number of nitrogens with one attached hydrogen (secondary N) is 1. The normalized spacial score (nSPS) is 10.3. The van der Waals surface area contributed by atoms with Crippen molar-refractivity contribution in [3.63, 3.8) is 0 Å². The molecule has 2 rings (SSSR count). The van der Waals surface area contributed by atoms with Gasteiger partial charge in [-0.3, -0.25) is 5.32 Å². The molecule has 2 aromatic heterocycles. The molecule has 0 saturated carbocycles. The largest absolute Gasteiger partial charge is 0.465 e. The molecule has 0 radical (unpaired) electrons. The molecular formula is C11H12N6O4. The minimum atomic E-state index is -1.36. The molecule has 2 heterocycles. The first-order chi connectivity index (χ1) is 10.0. The van der Waals surface area contributed by atoms with Crippen LogP contribution in [-0.2, 0) is 0 Å². The molecule has 0 atom stereocenters. The average molecular weight is 292 g/mol. The van der Waals surface area contributed by atoms with E-state index in [-0.39, 0.29) is 17.7 Å². The molecule has 21 heavy (non-hydrogen) atoms. The Labute approximate surface area is 118 Å². The second-order valence-corrected chi connectivity index (χ2v) is 3.82. The molecule has 2 aromatic rings. The number of amides is 1. The highest BCUT2D eigenvalue weighted by Gasteiger charge is 2.17. The molecule has 1 amide bonds. The summed E-state index contributed by atoms with van der Waals surface area (Å²) in [4.78, 5) is 35.2. The smallest absolute Gasteiger partial charge is 0.462 e. The van der Waals surface area contributed by atoms with Crippen LogP contribution in [0.25, 0.3) is 5.78 Å². The Balaban J connectivity index is 2.57. The number of nitrogens with zero attached hydrogens (tertiary/aromatic N) is 5. The highest BCUT2D eigenvalue weighted by molar-refractivity contribution is 5.80. The van der Waals surface area contributed by atoms with Gasteiger partial charge in [0.2, 0.25) is 5.95 Å². The first-order valence-corrected chi connectivity index (χ1v) is 5.80. The van der Waals surface area contributed by atoms with Gasteiger partial charge in [-0.15, -0.1) is 18.1 Å². The van der Waals surface area contributed by atoms with Crippen LogP contribution in [0.3, 0.4) is 0 Å². The standard InChI is InChI=1S/C11H12N6O4/c1-3-5-16(6-4-2)7-12-8(14-10(18)19)17-9(13-7)15-11(20)21-17/h3-4H,1-2,5-6H2,(H,18,19)(H,12,13,14,15,20). The Morgan fingerprint density at radius 1 is 1.33 bits per heavy atom. The molecule has 0 aliphatic rings. The molecular weight excluding hydrogens is 280 g/mol. The van der Waals surface area contributed by atoms with Crippen LogP contribution in [0.4, 0.5) is 16.7 Å². The molecule has 0 aromatic carbocycles. The molecule has 110 valence electrons. The van der Waals surface area contributed by atoms with Gasteiger partial charge in [-0.1, -0.05) is 16.7 Å². The molecule has 10 heteroatoms. The van der Waals surface area contributed by atoms with Gasteiger partial charge in [-0.25, -0.2) is 9.59 Å². The van der Waals surface area contributed by atoms with Crippen LogP contribution in [0, 0.1) is 0 Å². The van der Waals surface area contributed by atoms with Crippen molar-refractivity contribution in [2.24, 2.45) is 0 Å². The van der Waals surface area contributed by atoms with E-state index >= 15 is 0 Å². The van der Waals surface area contributed by atoms with E-state index in [1.807, 2.05) is 5.32 Å². The first kappa shape index (κ1) is 14.2. The van der Waals surface area contributed by atoms with Gasteiger partial charge in [-0.2, -0.15) is 9.97 Å². The van der Waals surface area contributed by atoms with Crippen molar-refractivity contribution in [2.75, 3.05) is 23.3 Å². The second kappa shape index (κ2) is 5.86. The number of aromatic nitrogens is 4. The third-order valence-electron chi connectivity index (χ3n) is 2.34. The van der Waals surface area contributed by atoms with E-state index in [9.17, 15) is 9.59 Å². The van der Waals surface area contributed by atoms with Crippen molar-refractivity contribution < 1.29 is 14.4 Å². The Hall–Kier alpha value is -3.17. The summed E-state index contributed by atoms with van der Waals surface area (Å²) in [6, 6.07) is 0. The molecule has 0 aliphatic heterocycles. The van der Waals surface area contributed by atoms with Gasteiger partial charge in [0.25, 0.3) is 11.7 Å². The average Bonchev–Trinajstić information content (AvgIpc) is 2.78. The Bertz CT molecular complexity index is 739. The monoisotopic (exact) mass is 292 g/mol. The van der Waals surface area contributed by atoms with Crippen LogP contribution in [0.2, 0.25) is 0 Å². The summed E-state index contributed by atoms with van der Waals surface area (Å²) < 4.78 is 5.50. The number of rotatable bonds is 6. The van der Waals surface area contributed by atoms with Crippen LogP contribution in [-0.4, -0.2) is 43.8 Å². The van der Waals surface area contributed by atoms with Crippen molar-refractivity contribution >= 4 is 23.8 Å². The van der Waals surface area contributed by atoms with Gasteiger partial charge in [0, 0.05) is 13.1 Å². The van der Waals surface area contributed by atoms with Gasteiger partial charge < -0.3 is 14.5 Å². The fourth-order valence-corrected chi connectivity index (χ4v) is 1.59. The Kier molecular flexibility index (Phi) is 3.97. The summed E-state index contributed by atoms with van der Waals surface area (Å²) in [5.74, 6) is -1.08. The van der Waals surface area contributed by atoms with Crippen molar-refractivity contribution in [1.29, 1.82) is 0 Å². The number of hydrogen-bond donors (Lipinski definition) is 2. The predicted molar refractivity (Wildman–Crippen MR) is 73.6 cm³/mol. The van der Waals surface area contributed by atoms with E-state index in [0.29, 0.717) is 13.1 Å². The zero-order valence-corrected chi connectivity index (χ0v) is 10.9. The predicted octanol–water partition coefficient (Wildman–Crippen LogP) is 0.346. The molecule has 10 nitrogen and oxygen atoms in total. The van der Waals surface area contributed by atoms with E-state index < -0.39 is 11.8 Å². The third-order valence-corrected chi connectivity index (χ3v) is 2.34. The maximum Gasteiger partial charge on any atom is 0.462 e. The maximum absolute atomic E-state index is 11.2. The van der Waals surface area contributed by atoms with E-state index in [1.54, 1.807) is 17.1 Å². The van der Waals surface area contributed by atoms with E-state index in [1.165, 1.54) is 0 Å². The molecule has 0 fully saturated rings. The van der Waals surface area contributed by atoms with Gasteiger partial charge in [0.1, 0.15) is 0 Å². The lowest BCUT2D eigenvalue weighted by Gasteiger charge is -2.19. The molecule has 0 spiro atoms. The Morgan fingerprint density at radius 3 is 2.57 bits per heavy atom. The SMILES string of the molecule is C=CCN(CC=C)c1nc(NC(=O)O)n2oc(=O)nc2n1. The van der Waals surface area contributed by atoms with Crippen LogP contribution in [0.1, 0.15) is 0 Å². The summed E-state index contributed by atoms with van der Waals surface area (Å²) in [5, 5.41) is 10.8. The minimum absolute atomic E-state index is 0.105. The van der Waals surface area contributed by atoms with E-state index in [4.69, 9.17) is 9.63 Å². The molecule has 0 saturated heterocycles. The van der Waals surface area contributed by atoms with Gasteiger partial charge in [0.15, 0.2) is 0 Å². The van der Waals surface area contributed by atoms with Crippen molar-refractivity contribution in [3.8, 4) is 0 Å². The van der Waals surface area contributed by atoms with Gasteiger partial charge in [-0.05, 0) is 0 Å². The number of fused-ring (bicyclic) bond motifs is 1. The molecule has 0 aliphatic carbocycles. The highest BCUT2D eigenvalue weighted by atomic mass is 16.5. The summed E-state index contributed by atoms with van der Waals surface area (Å²) in [6.45, 7) is 8.03. The Morgan fingerprint density at radius 2 is 2.00 bits per heavy atom. The number of anilines is 2. The van der Waals surface area contributed by atoms with Crippen LogP contribution < -0.4 is 16.0 Å². The first-order valence-electron chi connectivity index (χ1n) is 5.80. The summed E-state index contributed by atoms with van der Waals surface area (Å²) in [6.07, 6.45) is 1.88. The van der Waals surface area contributed by atoms with Gasteiger partial charge >= 0.3 is 11.8 Å². The van der Waals surface area contributed by atoms with Crippen molar-refractivity contribution in [2.45, 2.75) is 0 Å². The minimum Gasteiger partial charge on any atom is -0.465 e. The zero-order valence-electron chi connectivity index (χ0n) is 10.9. The van der Waals surface area contributed by atoms with Gasteiger partial charge in [0.05, 0.1) is 0 Å². The van der Waals surface area contributed by atoms with Crippen LogP contribution in [0.15, 0.2) is 34.6 Å². The lowest BCUT2D eigenvalue weighted by molar-refractivity contribution is 0.209. The fraction of sp³-hybridized carbons (Fsp3) is 0.182. The molecule has 0 bridgehead atoms. The summed E-state index contributed by atoms with van der Waals surface area (Å²) in [5.41, 5.74) is 0. The van der Waals surface area contributed by atoms with Crippen LogP contribution >= 0.6 is 0 Å². The number of carboxylic acid groups (broad SMARTS) is 1. The quantitative estimate of drug-likeness (QED) is 0.730. The lowest BCUT2D eigenvalue weighted by Crippen LogP contribution is -2.26.